The number of nitro groups is 1. The maximum absolute atomic E-state index is 13.1. The summed E-state index contributed by atoms with van der Waals surface area (Å²) in [6, 6.07) is 5.21. The number of hydrogen-bond acceptors (Lipinski definition) is 9. The van der Waals surface area contributed by atoms with E-state index in [0.29, 0.717) is 20.8 Å². The van der Waals surface area contributed by atoms with Crippen LogP contribution in [0.1, 0.15) is 41.7 Å². The van der Waals surface area contributed by atoms with Gasteiger partial charge in [0, 0.05) is 36.2 Å². The predicted molar refractivity (Wildman–Crippen MR) is 141 cm³/mol. The van der Waals surface area contributed by atoms with Crippen molar-refractivity contribution in [1.29, 1.82) is 0 Å². The molecule has 1 saturated heterocycles. The van der Waals surface area contributed by atoms with Crippen LogP contribution in [-0.2, 0) is 20.8 Å². The van der Waals surface area contributed by atoms with Gasteiger partial charge in [-0.1, -0.05) is 19.1 Å². The minimum absolute atomic E-state index is 0.0954. The van der Waals surface area contributed by atoms with Gasteiger partial charge in [-0.25, -0.2) is 9.78 Å². The van der Waals surface area contributed by atoms with E-state index in [-0.39, 0.29) is 36.0 Å². The number of Topliss-reactive ketones (excluding diaryl/α,β-unsaturated/α-hetero) is 1. The van der Waals surface area contributed by atoms with Gasteiger partial charge in [-0.2, -0.15) is 0 Å². The second kappa shape index (κ2) is 9.64. The molecule has 0 aliphatic carbocycles. The number of imidazole rings is 1. The Balaban J connectivity index is 1.64. The highest BCUT2D eigenvalue weighted by molar-refractivity contribution is 7.18. The molecule has 13 nitrogen and oxygen atoms in total. The van der Waals surface area contributed by atoms with E-state index >= 15 is 0 Å². The van der Waals surface area contributed by atoms with E-state index in [0.717, 1.165) is 11.3 Å². The summed E-state index contributed by atoms with van der Waals surface area (Å²) in [6.07, 6.45) is 2.23. The molecule has 1 aromatic carbocycles. The Hall–Kier alpha value is -4.43. The fraction of sp³-hybridized carbons (Fsp3) is 0.346. The van der Waals surface area contributed by atoms with Crippen LogP contribution in [0.15, 0.2) is 42.5 Å². The summed E-state index contributed by atoms with van der Waals surface area (Å²) in [4.78, 5) is 66.7. The highest BCUT2D eigenvalue weighted by atomic mass is 32.1. The second-order valence-corrected chi connectivity index (χ2v) is 11.2. The summed E-state index contributed by atoms with van der Waals surface area (Å²) in [5, 5.41) is 34.4. The molecular weight excluding hydrogens is 542 g/mol. The number of rotatable bonds is 9. The molecule has 4 atom stereocenters. The van der Waals surface area contributed by atoms with Crippen molar-refractivity contribution in [2.24, 2.45) is 11.3 Å². The quantitative estimate of drug-likeness (QED) is 0.150. The number of aromatic nitrogens is 2. The van der Waals surface area contributed by atoms with Crippen LogP contribution in [0.5, 0.6) is 0 Å². The van der Waals surface area contributed by atoms with Crippen LogP contribution in [0.4, 0.5) is 5.69 Å². The summed E-state index contributed by atoms with van der Waals surface area (Å²) in [6.45, 7) is 4.33. The number of fused-ring (bicyclic) bond motifs is 2. The fourth-order valence-corrected chi connectivity index (χ4v) is 7.08. The normalized spacial score (nSPS) is 22.7. The van der Waals surface area contributed by atoms with Gasteiger partial charge >= 0.3 is 5.97 Å². The molecule has 0 bridgehead atoms. The molecule has 0 saturated carbocycles. The summed E-state index contributed by atoms with van der Waals surface area (Å²) in [7, 11) is 0. The number of benzene rings is 1. The van der Waals surface area contributed by atoms with Crippen LogP contribution in [0.25, 0.3) is 10.4 Å². The molecule has 0 radical (unpaired) electrons. The lowest BCUT2D eigenvalue weighted by Gasteiger charge is -2.51. The molecule has 3 aromatic rings. The topological polar surface area (TPSA) is 184 Å². The number of aliphatic hydroxyl groups excluding tert-OH is 1. The molecule has 40 heavy (non-hydrogen) atoms. The molecule has 2 aliphatic heterocycles. The molecule has 1 fully saturated rings. The fourth-order valence-electron chi connectivity index (χ4n) is 5.81. The van der Waals surface area contributed by atoms with E-state index in [1.165, 1.54) is 37.2 Å². The van der Waals surface area contributed by atoms with Crippen LogP contribution in [0.2, 0.25) is 0 Å². The number of aliphatic hydroxyl groups is 1. The van der Waals surface area contributed by atoms with Crippen molar-refractivity contribution in [2.75, 3.05) is 6.54 Å². The predicted octanol–water partition coefficient (Wildman–Crippen LogP) is 1.89. The number of carbonyl (C=O) groups is 4. The van der Waals surface area contributed by atoms with E-state index in [1.807, 2.05) is 6.92 Å². The number of nitro benzene ring substituents is 1. The molecule has 0 unspecified atom stereocenters. The minimum Gasteiger partial charge on any atom is -0.477 e. The van der Waals surface area contributed by atoms with E-state index in [4.69, 9.17) is 0 Å². The van der Waals surface area contributed by atoms with Crippen LogP contribution in [0, 0.1) is 21.4 Å². The first-order chi connectivity index (χ1) is 18.8. The first-order valence-corrected chi connectivity index (χ1v) is 13.1. The first kappa shape index (κ1) is 27.1. The maximum atomic E-state index is 13.1. The SMILES string of the molecule is CC(=O)NCC(=O)c1ncn2cc(C3=C(C(=O)O)N4C(=O)[C@H]([C@@H](C)O)[C@@H]4[C@@]3(C)Cc3ccc([N+](=O)[O-])cc3)sc12. The lowest BCUT2D eigenvalue weighted by molar-refractivity contribution is -0.384. The second-order valence-electron chi connectivity index (χ2n) is 10.2. The number of non-ortho nitro benzene ring substituents is 1. The smallest absolute Gasteiger partial charge is 0.352 e. The molecule has 2 aliphatic rings. The van der Waals surface area contributed by atoms with Gasteiger partial charge in [-0.05, 0) is 18.9 Å². The van der Waals surface area contributed by atoms with Gasteiger partial charge in [0.05, 0.1) is 34.4 Å². The highest BCUT2D eigenvalue weighted by Crippen LogP contribution is 2.59. The molecule has 0 spiro atoms. The van der Waals surface area contributed by atoms with Crippen molar-refractivity contribution in [2.45, 2.75) is 39.3 Å². The van der Waals surface area contributed by atoms with Gasteiger partial charge in [-0.15, -0.1) is 11.3 Å². The van der Waals surface area contributed by atoms with Crippen molar-refractivity contribution in [3.8, 4) is 0 Å². The van der Waals surface area contributed by atoms with E-state index in [1.54, 1.807) is 22.7 Å². The zero-order valence-electron chi connectivity index (χ0n) is 21.7. The third kappa shape index (κ3) is 4.16. The van der Waals surface area contributed by atoms with Crippen molar-refractivity contribution in [1.82, 2.24) is 19.6 Å². The Morgan fingerprint density at radius 1 is 1.27 bits per heavy atom. The summed E-state index contributed by atoms with van der Waals surface area (Å²) >= 11 is 1.13. The molecule has 208 valence electrons. The molecule has 5 rings (SSSR count). The molecule has 4 heterocycles. The average molecular weight is 568 g/mol. The van der Waals surface area contributed by atoms with E-state index in [2.05, 4.69) is 10.3 Å². The number of thiazole rings is 1. The third-order valence-corrected chi connectivity index (χ3v) is 8.63. The van der Waals surface area contributed by atoms with Crippen molar-refractivity contribution >= 4 is 51.0 Å². The number of β-lactam (4-membered cyclic amide) rings is 1. The summed E-state index contributed by atoms with van der Waals surface area (Å²) in [5.41, 5.74) is -0.179. The Morgan fingerprint density at radius 3 is 2.52 bits per heavy atom. The third-order valence-electron chi connectivity index (χ3n) is 7.50. The number of carbonyl (C=O) groups excluding carboxylic acids is 3. The number of amides is 2. The standard InChI is InChI=1S/C26H25N5O8S/c1-12(32)18-22-26(3,8-14-4-6-15(7-5-14)31(38)39)19(21(25(36)37)30(22)23(18)35)17-10-29-11-28-20(24(29)40-17)16(34)9-27-13(2)33/h4-7,10-12,18,22,32H,8-9H2,1-3H3,(H,27,33)(H,36,37)/t12-,18-,22-,26+/m1/s1. The lowest BCUT2D eigenvalue weighted by atomic mass is 9.64. The Kier molecular flexibility index (Phi) is 6.54. The van der Waals surface area contributed by atoms with Gasteiger partial charge in [0.25, 0.3) is 5.69 Å². The Bertz CT molecular complexity index is 1620. The van der Waals surface area contributed by atoms with Crippen molar-refractivity contribution < 1.29 is 34.3 Å². The van der Waals surface area contributed by atoms with Gasteiger partial charge < -0.3 is 20.4 Å². The van der Waals surface area contributed by atoms with E-state index in [9.17, 15) is 39.5 Å². The van der Waals surface area contributed by atoms with Gasteiger partial charge in [0.15, 0.2) is 0 Å². The van der Waals surface area contributed by atoms with Crippen LogP contribution < -0.4 is 5.32 Å². The van der Waals surface area contributed by atoms with Gasteiger partial charge in [0.1, 0.15) is 22.5 Å². The monoisotopic (exact) mass is 567 g/mol. The van der Waals surface area contributed by atoms with Crippen LogP contribution in [0.3, 0.4) is 0 Å². The number of carboxylic acids is 1. The number of hydrogen-bond donors (Lipinski definition) is 3. The van der Waals surface area contributed by atoms with Crippen LogP contribution >= 0.6 is 11.3 Å². The molecular formula is C26H25N5O8S. The summed E-state index contributed by atoms with van der Waals surface area (Å²) in [5.74, 6) is -3.47. The zero-order valence-corrected chi connectivity index (χ0v) is 22.5. The van der Waals surface area contributed by atoms with Crippen molar-refractivity contribution in [3.63, 3.8) is 0 Å². The maximum Gasteiger partial charge on any atom is 0.352 e. The summed E-state index contributed by atoms with van der Waals surface area (Å²) < 4.78 is 1.59. The number of carboxylic acid groups (broad SMARTS) is 1. The highest BCUT2D eigenvalue weighted by Gasteiger charge is 2.66. The Morgan fingerprint density at radius 2 is 1.95 bits per heavy atom. The first-order valence-electron chi connectivity index (χ1n) is 12.3. The Labute approximate surface area is 230 Å². The van der Waals surface area contributed by atoms with E-state index < -0.39 is 46.1 Å². The minimum atomic E-state index is -1.32. The van der Waals surface area contributed by atoms with Gasteiger partial charge in [-0.3, -0.25) is 28.9 Å². The molecule has 2 aromatic heterocycles. The zero-order chi connectivity index (χ0) is 29.1. The number of nitrogens with one attached hydrogen (secondary N) is 1. The number of ketones is 1. The van der Waals surface area contributed by atoms with Crippen molar-refractivity contribution in [3.05, 3.63) is 68.7 Å². The number of nitrogens with zero attached hydrogens (tertiary/aromatic N) is 4. The lowest BCUT2D eigenvalue weighted by Crippen LogP contribution is -2.66. The largest absolute Gasteiger partial charge is 0.477 e. The molecule has 2 amide bonds. The van der Waals surface area contributed by atoms with Crippen LogP contribution in [-0.4, -0.2) is 71.7 Å². The number of aliphatic carboxylic acids is 1. The molecule has 14 heteroatoms. The molecule has 3 N–H and O–H groups in total. The average Bonchev–Trinajstić information content (AvgIpc) is 3.51. The van der Waals surface area contributed by atoms with Gasteiger partial charge in [0.2, 0.25) is 17.6 Å².